The SMILES string of the molecule is Cc1nc([C@@H]2OC3COC(c4ccccc4)O[C@@H]3C(N=[N+]=[N-])C2O)n(-c2cc(C(F)(F)F)c3nc(C)sc3c2)n1. The number of aliphatic hydroxyl groups is 1. The predicted octanol–water partition coefficient (Wildman–Crippen LogP) is 5.11. The lowest BCUT2D eigenvalue weighted by Gasteiger charge is -2.46. The number of alkyl halides is 3. The molecular formula is C25H22F3N7O4S. The van der Waals surface area contributed by atoms with Crippen LogP contribution >= 0.6 is 11.3 Å². The Morgan fingerprint density at radius 3 is 2.65 bits per heavy atom. The van der Waals surface area contributed by atoms with Gasteiger partial charge in [0.25, 0.3) is 0 Å². The Balaban J connectivity index is 1.39. The molecule has 2 aromatic heterocycles. The van der Waals surface area contributed by atoms with E-state index in [1.807, 2.05) is 30.3 Å². The first-order chi connectivity index (χ1) is 19.1. The quantitative estimate of drug-likeness (QED) is 0.203. The molecule has 0 amide bonds. The summed E-state index contributed by atoms with van der Waals surface area (Å²) in [6, 6.07) is 10.5. The number of thiazole rings is 1. The highest BCUT2D eigenvalue weighted by atomic mass is 32.1. The summed E-state index contributed by atoms with van der Waals surface area (Å²) in [6.45, 7) is 3.24. The van der Waals surface area contributed by atoms with E-state index in [0.717, 1.165) is 23.0 Å². The molecule has 6 rings (SSSR count). The zero-order valence-electron chi connectivity index (χ0n) is 21.1. The monoisotopic (exact) mass is 573 g/mol. The molecular weight excluding hydrogens is 551 g/mol. The van der Waals surface area contributed by atoms with Gasteiger partial charge < -0.3 is 19.3 Å². The van der Waals surface area contributed by atoms with Gasteiger partial charge in [0.1, 0.15) is 24.1 Å². The summed E-state index contributed by atoms with van der Waals surface area (Å²) < 4.78 is 61.6. The first-order valence-electron chi connectivity index (χ1n) is 12.3. The number of hydrogen-bond acceptors (Lipinski definition) is 9. The number of aliphatic hydroxyl groups excluding tert-OH is 1. The third-order valence-corrected chi connectivity index (χ3v) is 7.68. The fourth-order valence-corrected chi connectivity index (χ4v) is 5.96. The van der Waals surface area contributed by atoms with E-state index in [0.29, 0.717) is 9.71 Å². The Hall–Kier alpha value is -3.59. The fraction of sp³-hybridized carbons (Fsp3) is 0.400. The largest absolute Gasteiger partial charge is 0.418 e. The van der Waals surface area contributed by atoms with Crippen LogP contribution in [-0.2, 0) is 20.4 Å². The van der Waals surface area contributed by atoms with Crippen LogP contribution in [0.4, 0.5) is 13.2 Å². The maximum absolute atomic E-state index is 14.0. The van der Waals surface area contributed by atoms with Crippen molar-refractivity contribution < 1.29 is 32.5 Å². The first-order valence-corrected chi connectivity index (χ1v) is 13.1. The highest BCUT2D eigenvalue weighted by molar-refractivity contribution is 7.18. The molecule has 0 bridgehead atoms. The van der Waals surface area contributed by atoms with Crippen LogP contribution in [0, 0.1) is 13.8 Å². The Morgan fingerprint density at radius 2 is 1.93 bits per heavy atom. The molecule has 4 unspecified atom stereocenters. The second-order valence-electron chi connectivity index (χ2n) is 9.46. The summed E-state index contributed by atoms with van der Waals surface area (Å²) in [4.78, 5) is 11.4. The van der Waals surface area contributed by atoms with Crippen molar-refractivity contribution in [1.29, 1.82) is 0 Å². The van der Waals surface area contributed by atoms with Gasteiger partial charge in [-0.15, -0.1) is 11.3 Å². The second kappa shape index (κ2) is 10.1. The van der Waals surface area contributed by atoms with Gasteiger partial charge in [0.05, 0.1) is 45.2 Å². The van der Waals surface area contributed by atoms with E-state index in [-0.39, 0.29) is 29.5 Å². The van der Waals surface area contributed by atoms with E-state index in [1.54, 1.807) is 13.8 Å². The molecule has 40 heavy (non-hydrogen) atoms. The molecule has 2 aliphatic heterocycles. The number of azide groups is 1. The summed E-state index contributed by atoms with van der Waals surface area (Å²) >= 11 is 1.12. The van der Waals surface area contributed by atoms with Gasteiger partial charge in [-0.25, -0.2) is 14.6 Å². The van der Waals surface area contributed by atoms with Crippen LogP contribution in [0.2, 0.25) is 0 Å². The van der Waals surface area contributed by atoms with Gasteiger partial charge >= 0.3 is 6.18 Å². The zero-order chi connectivity index (χ0) is 28.2. The van der Waals surface area contributed by atoms with Crippen LogP contribution in [0.3, 0.4) is 0 Å². The van der Waals surface area contributed by atoms with Gasteiger partial charge in [-0.1, -0.05) is 35.4 Å². The number of aryl methyl sites for hydroxylation is 2. The van der Waals surface area contributed by atoms with E-state index in [9.17, 15) is 23.8 Å². The van der Waals surface area contributed by atoms with Gasteiger partial charge in [0, 0.05) is 10.5 Å². The third-order valence-electron chi connectivity index (χ3n) is 6.76. The van der Waals surface area contributed by atoms with Crippen molar-refractivity contribution in [3.05, 3.63) is 80.7 Å². The minimum absolute atomic E-state index is 0.0421. The summed E-state index contributed by atoms with van der Waals surface area (Å²) in [5, 5.41) is 20.0. The second-order valence-corrected chi connectivity index (χ2v) is 10.7. The number of ether oxygens (including phenoxy) is 3. The third kappa shape index (κ3) is 4.70. The van der Waals surface area contributed by atoms with Crippen LogP contribution in [0.5, 0.6) is 0 Å². The fourth-order valence-electron chi connectivity index (χ4n) is 5.07. The molecule has 6 atom stereocenters. The van der Waals surface area contributed by atoms with Crippen LogP contribution in [-0.4, -0.2) is 55.8 Å². The summed E-state index contributed by atoms with van der Waals surface area (Å²) in [6.07, 6.45) is -9.74. The number of fused-ring (bicyclic) bond motifs is 2. The van der Waals surface area contributed by atoms with Crippen molar-refractivity contribution in [2.45, 2.75) is 56.8 Å². The number of rotatable bonds is 4. The van der Waals surface area contributed by atoms with Gasteiger partial charge in [-0.05, 0) is 31.5 Å². The molecule has 208 valence electrons. The van der Waals surface area contributed by atoms with E-state index in [4.69, 9.17) is 14.2 Å². The standard InChI is InChI=1S/C25H22F3N7O4S/c1-11-30-23(35(33-11)14-8-15(25(26,27)28)18-17(9-14)40-12(2)31-18)22-20(36)19(32-34-29)21-16(38-22)10-37-24(39-21)13-6-4-3-5-7-13/h3-9,16,19-22,24,36H,10H2,1-2H3/t16?,19?,20?,21-,22+,24?/m0/s1. The van der Waals surface area contributed by atoms with Crippen molar-refractivity contribution in [2.24, 2.45) is 5.11 Å². The minimum atomic E-state index is -4.67. The molecule has 0 saturated carbocycles. The van der Waals surface area contributed by atoms with Crippen molar-refractivity contribution in [3.63, 3.8) is 0 Å². The molecule has 2 aromatic carbocycles. The average molecular weight is 574 g/mol. The average Bonchev–Trinajstić information content (AvgIpc) is 3.50. The number of nitrogens with zero attached hydrogens (tertiary/aromatic N) is 7. The number of halogens is 3. The van der Waals surface area contributed by atoms with E-state index < -0.39 is 48.5 Å². The Morgan fingerprint density at radius 1 is 1.15 bits per heavy atom. The van der Waals surface area contributed by atoms with Crippen LogP contribution in [0.25, 0.3) is 26.3 Å². The Labute approximate surface area is 228 Å². The molecule has 0 aliphatic carbocycles. The predicted molar refractivity (Wildman–Crippen MR) is 136 cm³/mol. The zero-order valence-corrected chi connectivity index (χ0v) is 21.9. The van der Waals surface area contributed by atoms with Crippen molar-refractivity contribution in [3.8, 4) is 5.69 Å². The molecule has 11 nitrogen and oxygen atoms in total. The molecule has 1 N–H and O–H groups in total. The Bertz CT molecular complexity index is 1610. The van der Waals surface area contributed by atoms with Gasteiger partial charge in [-0.3, -0.25) is 0 Å². The Kier molecular flexibility index (Phi) is 6.73. The number of aromatic nitrogens is 4. The minimum Gasteiger partial charge on any atom is -0.389 e. The topological polar surface area (TPSA) is 140 Å². The summed E-state index contributed by atoms with van der Waals surface area (Å²) in [5.74, 6) is 0.281. The first kappa shape index (κ1) is 26.6. The smallest absolute Gasteiger partial charge is 0.389 e. The lowest BCUT2D eigenvalue weighted by Crippen LogP contribution is -2.58. The van der Waals surface area contributed by atoms with Crippen LogP contribution in [0.15, 0.2) is 47.6 Å². The molecule has 0 radical (unpaired) electrons. The lowest BCUT2D eigenvalue weighted by molar-refractivity contribution is -0.309. The molecule has 15 heteroatoms. The lowest BCUT2D eigenvalue weighted by atomic mass is 9.91. The molecule has 0 spiro atoms. The summed E-state index contributed by atoms with van der Waals surface area (Å²) in [5.41, 5.74) is 9.03. The van der Waals surface area contributed by atoms with Gasteiger partial charge in [-0.2, -0.15) is 18.3 Å². The normalized spacial score (nSPS) is 26.9. The molecule has 2 saturated heterocycles. The van der Waals surface area contributed by atoms with Gasteiger partial charge in [0.2, 0.25) is 0 Å². The van der Waals surface area contributed by atoms with Gasteiger partial charge in [0.15, 0.2) is 12.1 Å². The van der Waals surface area contributed by atoms with Crippen LogP contribution in [0.1, 0.15) is 40.2 Å². The van der Waals surface area contributed by atoms with Crippen molar-refractivity contribution in [2.75, 3.05) is 6.61 Å². The molecule has 4 aromatic rings. The summed E-state index contributed by atoms with van der Waals surface area (Å²) in [7, 11) is 0. The van der Waals surface area contributed by atoms with Crippen LogP contribution < -0.4 is 0 Å². The van der Waals surface area contributed by atoms with E-state index >= 15 is 0 Å². The molecule has 2 fully saturated rings. The highest BCUT2D eigenvalue weighted by Gasteiger charge is 2.51. The number of benzene rings is 2. The van der Waals surface area contributed by atoms with Crippen molar-refractivity contribution in [1.82, 2.24) is 19.7 Å². The van der Waals surface area contributed by atoms with E-state index in [1.165, 1.54) is 10.7 Å². The van der Waals surface area contributed by atoms with E-state index in [2.05, 4.69) is 25.1 Å². The molecule has 4 heterocycles. The highest BCUT2D eigenvalue weighted by Crippen LogP contribution is 2.42. The maximum atomic E-state index is 14.0. The van der Waals surface area contributed by atoms with Crippen molar-refractivity contribution >= 4 is 21.6 Å². The maximum Gasteiger partial charge on any atom is 0.418 e. The number of hydrogen-bond donors (Lipinski definition) is 1. The molecule has 2 aliphatic rings.